The minimum absolute atomic E-state index is 0.0351. The van der Waals surface area contributed by atoms with Crippen molar-refractivity contribution < 1.29 is 9.59 Å². The summed E-state index contributed by atoms with van der Waals surface area (Å²) in [5.74, 6) is -0.125. The van der Waals surface area contributed by atoms with Gasteiger partial charge in [0.05, 0.1) is 0 Å². The number of rotatable bonds is 5. The zero-order chi connectivity index (χ0) is 14.4. The Balaban J connectivity index is 1.94. The second kappa shape index (κ2) is 7.05. The third-order valence-electron chi connectivity index (χ3n) is 3.40. The predicted molar refractivity (Wildman–Crippen MR) is 77.5 cm³/mol. The van der Waals surface area contributed by atoms with Gasteiger partial charge in [-0.25, -0.2) is 0 Å². The third kappa shape index (κ3) is 3.57. The van der Waals surface area contributed by atoms with Crippen LogP contribution in [0.15, 0.2) is 18.2 Å². The maximum atomic E-state index is 12.2. The summed E-state index contributed by atoms with van der Waals surface area (Å²) in [6.45, 7) is 4.57. The Morgan fingerprint density at radius 1 is 1.30 bits per heavy atom. The van der Waals surface area contributed by atoms with Crippen LogP contribution < -0.4 is 16.0 Å². The largest absolute Gasteiger partial charge is 0.356 e. The van der Waals surface area contributed by atoms with Crippen molar-refractivity contribution in [2.45, 2.75) is 26.3 Å². The van der Waals surface area contributed by atoms with E-state index in [1.165, 1.54) is 5.56 Å². The summed E-state index contributed by atoms with van der Waals surface area (Å²) in [7, 11) is 0. The van der Waals surface area contributed by atoms with Crippen LogP contribution in [0.1, 0.15) is 34.8 Å². The van der Waals surface area contributed by atoms with Crippen LogP contribution in [-0.4, -0.2) is 31.4 Å². The molecule has 0 radical (unpaired) electrons. The predicted octanol–water partition coefficient (Wildman–Crippen LogP) is 0.588. The monoisotopic (exact) mass is 275 g/mol. The van der Waals surface area contributed by atoms with Gasteiger partial charge in [0.2, 0.25) is 5.91 Å². The van der Waals surface area contributed by atoms with Crippen molar-refractivity contribution in [3.8, 4) is 0 Å². The molecule has 0 atom stereocenters. The fourth-order valence-electron chi connectivity index (χ4n) is 2.42. The van der Waals surface area contributed by atoms with Crippen LogP contribution in [0.3, 0.4) is 0 Å². The van der Waals surface area contributed by atoms with Crippen molar-refractivity contribution >= 4 is 11.8 Å². The van der Waals surface area contributed by atoms with Crippen LogP contribution in [0.4, 0.5) is 0 Å². The molecule has 1 aromatic carbocycles. The molecule has 0 saturated carbocycles. The molecular formula is C15H21N3O2. The normalized spacial score (nSPS) is 13.4. The van der Waals surface area contributed by atoms with Gasteiger partial charge >= 0.3 is 0 Å². The summed E-state index contributed by atoms with van der Waals surface area (Å²) < 4.78 is 0. The Kier molecular flexibility index (Phi) is 5.12. The maximum absolute atomic E-state index is 12.2. The standard InChI is InChI=1S/C15H21N3O2/c1-2-17-14(19)7-9-18-15(20)13-5-3-4-11-10-16-8-6-12(11)13/h3-5,16H,2,6-10H2,1H3,(H,17,19)(H,18,20). The molecule has 1 aromatic rings. The second-order valence-corrected chi connectivity index (χ2v) is 4.83. The number of benzene rings is 1. The molecule has 5 nitrogen and oxygen atoms in total. The van der Waals surface area contributed by atoms with E-state index in [1.54, 1.807) is 0 Å². The molecule has 3 N–H and O–H groups in total. The van der Waals surface area contributed by atoms with Crippen molar-refractivity contribution in [2.24, 2.45) is 0 Å². The van der Waals surface area contributed by atoms with Crippen LogP contribution in [0.2, 0.25) is 0 Å². The van der Waals surface area contributed by atoms with Gasteiger partial charge in [-0.2, -0.15) is 0 Å². The van der Waals surface area contributed by atoms with Gasteiger partial charge in [0.1, 0.15) is 0 Å². The molecule has 20 heavy (non-hydrogen) atoms. The molecule has 0 fully saturated rings. The van der Waals surface area contributed by atoms with Crippen molar-refractivity contribution in [1.29, 1.82) is 0 Å². The Bertz CT molecular complexity index is 500. The molecule has 0 unspecified atom stereocenters. The fourth-order valence-corrected chi connectivity index (χ4v) is 2.42. The Labute approximate surface area is 119 Å². The zero-order valence-electron chi connectivity index (χ0n) is 11.8. The maximum Gasteiger partial charge on any atom is 0.251 e. The van der Waals surface area contributed by atoms with E-state index in [1.807, 2.05) is 25.1 Å². The van der Waals surface area contributed by atoms with Crippen LogP contribution >= 0.6 is 0 Å². The van der Waals surface area contributed by atoms with E-state index in [0.717, 1.165) is 30.6 Å². The number of amides is 2. The zero-order valence-corrected chi connectivity index (χ0v) is 11.8. The SMILES string of the molecule is CCNC(=O)CCNC(=O)c1cccc2c1CCNC2. The number of hydrogen-bond acceptors (Lipinski definition) is 3. The van der Waals surface area contributed by atoms with Gasteiger partial charge in [-0.3, -0.25) is 9.59 Å². The van der Waals surface area contributed by atoms with Crippen molar-refractivity contribution in [3.05, 3.63) is 34.9 Å². The van der Waals surface area contributed by atoms with Gasteiger partial charge in [0.25, 0.3) is 5.91 Å². The van der Waals surface area contributed by atoms with Gasteiger partial charge in [0, 0.05) is 31.6 Å². The van der Waals surface area contributed by atoms with Gasteiger partial charge < -0.3 is 16.0 Å². The average molecular weight is 275 g/mol. The Morgan fingerprint density at radius 3 is 2.95 bits per heavy atom. The van der Waals surface area contributed by atoms with E-state index in [-0.39, 0.29) is 11.8 Å². The smallest absolute Gasteiger partial charge is 0.251 e. The van der Waals surface area contributed by atoms with Crippen molar-refractivity contribution in [2.75, 3.05) is 19.6 Å². The quantitative estimate of drug-likeness (QED) is 0.736. The fraction of sp³-hybridized carbons (Fsp3) is 0.467. The Morgan fingerprint density at radius 2 is 2.15 bits per heavy atom. The highest BCUT2D eigenvalue weighted by atomic mass is 16.2. The Hall–Kier alpha value is -1.88. The van der Waals surface area contributed by atoms with Crippen LogP contribution in [0.25, 0.3) is 0 Å². The molecule has 1 aliphatic rings. The first-order chi connectivity index (χ1) is 9.72. The lowest BCUT2D eigenvalue weighted by Gasteiger charge is -2.19. The number of carbonyl (C=O) groups excluding carboxylic acids is 2. The van der Waals surface area contributed by atoms with Gasteiger partial charge in [-0.05, 0) is 37.1 Å². The van der Waals surface area contributed by atoms with Gasteiger partial charge in [0.15, 0.2) is 0 Å². The molecule has 1 aliphatic heterocycles. The number of hydrogen-bond donors (Lipinski definition) is 3. The molecule has 0 aliphatic carbocycles. The first-order valence-corrected chi connectivity index (χ1v) is 7.08. The van der Waals surface area contributed by atoms with Gasteiger partial charge in [-0.1, -0.05) is 12.1 Å². The number of fused-ring (bicyclic) bond motifs is 1. The van der Waals surface area contributed by atoms with Crippen LogP contribution in [0, 0.1) is 0 Å². The molecule has 2 rings (SSSR count). The molecule has 0 saturated heterocycles. The van der Waals surface area contributed by atoms with E-state index in [4.69, 9.17) is 0 Å². The lowest BCUT2D eigenvalue weighted by Crippen LogP contribution is -2.32. The van der Waals surface area contributed by atoms with Crippen molar-refractivity contribution in [1.82, 2.24) is 16.0 Å². The molecule has 0 bridgehead atoms. The topological polar surface area (TPSA) is 70.2 Å². The molecule has 0 aromatic heterocycles. The van der Waals surface area contributed by atoms with E-state index >= 15 is 0 Å². The molecular weight excluding hydrogens is 254 g/mol. The lowest BCUT2D eigenvalue weighted by molar-refractivity contribution is -0.120. The highest BCUT2D eigenvalue weighted by Gasteiger charge is 2.16. The number of carbonyl (C=O) groups is 2. The molecule has 108 valence electrons. The van der Waals surface area contributed by atoms with Gasteiger partial charge in [-0.15, -0.1) is 0 Å². The highest BCUT2D eigenvalue weighted by molar-refractivity contribution is 5.96. The summed E-state index contributed by atoms with van der Waals surface area (Å²) >= 11 is 0. The second-order valence-electron chi connectivity index (χ2n) is 4.83. The average Bonchev–Trinajstić information content (AvgIpc) is 2.47. The summed E-state index contributed by atoms with van der Waals surface area (Å²) in [6, 6.07) is 5.81. The number of nitrogens with one attached hydrogen (secondary N) is 3. The van der Waals surface area contributed by atoms with Crippen LogP contribution in [-0.2, 0) is 17.8 Å². The first-order valence-electron chi connectivity index (χ1n) is 7.08. The first kappa shape index (κ1) is 14.5. The summed E-state index contributed by atoms with van der Waals surface area (Å²) in [5, 5.41) is 8.82. The van der Waals surface area contributed by atoms with Crippen molar-refractivity contribution in [3.63, 3.8) is 0 Å². The summed E-state index contributed by atoms with van der Waals surface area (Å²) in [6.07, 6.45) is 1.19. The van der Waals surface area contributed by atoms with E-state index in [0.29, 0.717) is 19.5 Å². The minimum atomic E-state index is -0.0898. The van der Waals surface area contributed by atoms with E-state index in [9.17, 15) is 9.59 Å². The van der Waals surface area contributed by atoms with E-state index in [2.05, 4.69) is 16.0 Å². The summed E-state index contributed by atoms with van der Waals surface area (Å²) in [5.41, 5.74) is 3.05. The van der Waals surface area contributed by atoms with Crippen LogP contribution in [0.5, 0.6) is 0 Å². The molecule has 2 amide bonds. The third-order valence-corrected chi connectivity index (χ3v) is 3.40. The highest BCUT2D eigenvalue weighted by Crippen LogP contribution is 2.18. The molecule has 0 spiro atoms. The molecule has 5 heteroatoms. The van der Waals surface area contributed by atoms with E-state index < -0.39 is 0 Å². The molecule has 1 heterocycles. The minimum Gasteiger partial charge on any atom is -0.356 e. The summed E-state index contributed by atoms with van der Waals surface area (Å²) in [4.78, 5) is 23.5. The lowest BCUT2D eigenvalue weighted by atomic mass is 9.95.